The average molecular weight is 348 g/mol. The number of aromatic nitrogens is 2. The lowest BCUT2D eigenvalue weighted by Gasteiger charge is -2.36. The van der Waals surface area contributed by atoms with Gasteiger partial charge in [-0.1, -0.05) is 0 Å². The molecule has 0 aromatic carbocycles. The second kappa shape index (κ2) is 8.81. The molecule has 140 valence electrons. The van der Waals surface area contributed by atoms with Crippen LogP contribution in [0.3, 0.4) is 0 Å². The number of hydrogen-bond acceptors (Lipinski definition) is 4. The molecule has 2 fully saturated rings. The van der Waals surface area contributed by atoms with Crippen LogP contribution in [0.1, 0.15) is 64.2 Å². The van der Waals surface area contributed by atoms with Crippen LogP contribution in [0.2, 0.25) is 0 Å². The molecule has 1 aromatic heterocycles. The maximum atomic E-state index is 11.3. The zero-order valence-electron chi connectivity index (χ0n) is 15.5. The van der Waals surface area contributed by atoms with Crippen LogP contribution in [0.4, 0.5) is 0 Å². The quantitative estimate of drug-likeness (QED) is 0.828. The van der Waals surface area contributed by atoms with E-state index in [-0.39, 0.29) is 5.91 Å². The Bertz CT molecular complexity index is 545. The van der Waals surface area contributed by atoms with E-state index >= 15 is 0 Å². The van der Waals surface area contributed by atoms with Crippen molar-refractivity contribution in [1.29, 1.82) is 0 Å². The molecule has 1 aromatic rings. The second-order valence-electron chi connectivity index (χ2n) is 7.41. The molecule has 1 saturated carbocycles. The lowest BCUT2D eigenvalue weighted by molar-refractivity contribution is -0.119. The van der Waals surface area contributed by atoms with Crippen LogP contribution in [-0.2, 0) is 16.1 Å². The molecule has 2 heterocycles. The van der Waals surface area contributed by atoms with Gasteiger partial charge in [0.1, 0.15) is 5.82 Å². The van der Waals surface area contributed by atoms with E-state index in [2.05, 4.69) is 33.3 Å². The molecule has 0 unspecified atom stereocenters. The highest BCUT2D eigenvalue weighted by atomic mass is 16.5. The highest BCUT2D eigenvalue weighted by molar-refractivity contribution is 5.73. The summed E-state index contributed by atoms with van der Waals surface area (Å²) in [6, 6.07) is 1.13. The molecule has 2 aliphatic rings. The minimum atomic E-state index is 0.0847. The first-order chi connectivity index (χ1) is 12.2. The van der Waals surface area contributed by atoms with Crippen molar-refractivity contribution >= 4 is 5.91 Å². The van der Waals surface area contributed by atoms with Crippen LogP contribution in [0.15, 0.2) is 12.4 Å². The van der Waals surface area contributed by atoms with E-state index in [1.165, 1.54) is 5.82 Å². The summed E-state index contributed by atoms with van der Waals surface area (Å²) in [4.78, 5) is 15.9. The number of ether oxygens (including phenoxy) is 1. The van der Waals surface area contributed by atoms with E-state index in [9.17, 15) is 4.79 Å². The zero-order chi connectivity index (χ0) is 17.6. The summed E-state index contributed by atoms with van der Waals surface area (Å²) >= 11 is 0. The number of imidazole rings is 1. The molecule has 1 saturated heterocycles. The van der Waals surface area contributed by atoms with Crippen molar-refractivity contribution in [3.8, 4) is 0 Å². The summed E-state index contributed by atoms with van der Waals surface area (Å²) in [7, 11) is 0. The van der Waals surface area contributed by atoms with Gasteiger partial charge >= 0.3 is 0 Å². The summed E-state index contributed by atoms with van der Waals surface area (Å²) in [5.74, 6) is 1.83. The monoisotopic (exact) mass is 348 g/mol. The van der Waals surface area contributed by atoms with Gasteiger partial charge in [0.2, 0.25) is 5.91 Å². The van der Waals surface area contributed by atoms with Crippen LogP contribution >= 0.6 is 0 Å². The van der Waals surface area contributed by atoms with Gasteiger partial charge in [-0.3, -0.25) is 4.79 Å². The lowest BCUT2D eigenvalue weighted by atomic mass is 9.87. The van der Waals surface area contributed by atoms with Gasteiger partial charge in [-0.05, 0) is 51.4 Å². The molecule has 1 aliphatic carbocycles. The predicted molar refractivity (Wildman–Crippen MR) is 97.2 cm³/mol. The highest BCUT2D eigenvalue weighted by Gasteiger charge is 2.31. The molecule has 1 atom stereocenters. The minimum absolute atomic E-state index is 0.0847. The SMILES string of the molecule is CCn1ccnc1[C@@H](NC1CCC(NC(C)=O)CC1)C1CCOCC1. The average Bonchev–Trinajstić information content (AvgIpc) is 3.10. The van der Waals surface area contributed by atoms with Crippen molar-refractivity contribution in [2.75, 3.05) is 13.2 Å². The number of rotatable bonds is 6. The third kappa shape index (κ3) is 4.82. The molecule has 3 rings (SSSR count). The lowest BCUT2D eigenvalue weighted by Crippen LogP contribution is -2.45. The number of carbonyl (C=O) groups excluding carboxylic acids is 1. The number of aryl methyl sites for hydroxylation is 1. The molecule has 6 nitrogen and oxygen atoms in total. The summed E-state index contributed by atoms with van der Waals surface area (Å²) in [6.45, 7) is 6.43. The van der Waals surface area contributed by atoms with E-state index < -0.39 is 0 Å². The Morgan fingerprint density at radius 3 is 2.56 bits per heavy atom. The van der Waals surface area contributed by atoms with Crippen LogP contribution < -0.4 is 10.6 Å². The summed E-state index contributed by atoms with van der Waals surface area (Å²) in [6.07, 6.45) is 10.5. The smallest absolute Gasteiger partial charge is 0.217 e. The van der Waals surface area contributed by atoms with Gasteiger partial charge in [0.05, 0.1) is 6.04 Å². The number of nitrogens with one attached hydrogen (secondary N) is 2. The molecule has 0 bridgehead atoms. The Hall–Kier alpha value is -1.40. The normalized spacial score (nSPS) is 26.3. The van der Waals surface area contributed by atoms with Gasteiger partial charge in [0, 0.05) is 51.2 Å². The highest BCUT2D eigenvalue weighted by Crippen LogP contribution is 2.31. The van der Waals surface area contributed by atoms with Crippen molar-refractivity contribution in [2.24, 2.45) is 5.92 Å². The topological polar surface area (TPSA) is 68.2 Å². The van der Waals surface area contributed by atoms with Gasteiger partial charge < -0.3 is 19.9 Å². The maximum Gasteiger partial charge on any atom is 0.217 e. The minimum Gasteiger partial charge on any atom is -0.381 e. The van der Waals surface area contributed by atoms with Crippen LogP contribution in [0, 0.1) is 5.92 Å². The van der Waals surface area contributed by atoms with E-state index in [1.807, 2.05) is 6.20 Å². The van der Waals surface area contributed by atoms with Gasteiger partial charge in [-0.25, -0.2) is 4.98 Å². The number of nitrogens with zero attached hydrogens (tertiary/aromatic N) is 2. The van der Waals surface area contributed by atoms with Crippen molar-refractivity contribution in [3.05, 3.63) is 18.2 Å². The van der Waals surface area contributed by atoms with E-state index in [4.69, 9.17) is 4.74 Å². The predicted octanol–water partition coefficient (Wildman–Crippen LogP) is 2.41. The third-order valence-corrected chi connectivity index (χ3v) is 5.65. The van der Waals surface area contributed by atoms with Crippen molar-refractivity contribution < 1.29 is 9.53 Å². The van der Waals surface area contributed by atoms with E-state index in [0.717, 1.165) is 58.3 Å². The van der Waals surface area contributed by atoms with E-state index in [0.29, 0.717) is 24.0 Å². The van der Waals surface area contributed by atoms with E-state index in [1.54, 1.807) is 6.92 Å². The fourth-order valence-corrected chi connectivity index (χ4v) is 4.28. The molecule has 1 amide bonds. The molecule has 2 N–H and O–H groups in total. The molecule has 25 heavy (non-hydrogen) atoms. The molecular weight excluding hydrogens is 316 g/mol. The number of carbonyl (C=O) groups is 1. The largest absolute Gasteiger partial charge is 0.381 e. The first-order valence-electron chi connectivity index (χ1n) is 9.79. The summed E-state index contributed by atoms with van der Waals surface area (Å²) < 4.78 is 7.83. The summed E-state index contributed by atoms with van der Waals surface area (Å²) in [5.41, 5.74) is 0. The molecular formula is C19H32N4O2. The Balaban J connectivity index is 1.65. The number of amides is 1. The molecule has 6 heteroatoms. The zero-order valence-corrected chi connectivity index (χ0v) is 15.5. The van der Waals surface area contributed by atoms with Gasteiger partial charge in [0.25, 0.3) is 0 Å². The first kappa shape index (κ1) is 18.4. The van der Waals surface area contributed by atoms with Crippen molar-refractivity contribution in [1.82, 2.24) is 20.2 Å². The van der Waals surface area contributed by atoms with Gasteiger partial charge in [-0.15, -0.1) is 0 Å². The van der Waals surface area contributed by atoms with Crippen LogP contribution in [0.25, 0.3) is 0 Å². The van der Waals surface area contributed by atoms with Crippen molar-refractivity contribution in [2.45, 2.75) is 77.0 Å². The van der Waals surface area contributed by atoms with Crippen molar-refractivity contribution in [3.63, 3.8) is 0 Å². The fourth-order valence-electron chi connectivity index (χ4n) is 4.28. The van der Waals surface area contributed by atoms with Crippen LogP contribution in [0.5, 0.6) is 0 Å². The fraction of sp³-hybridized carbons (Fsp3) is 0.789. The molecule has 0 radical (unpaired) electrons. The number of hydrogen-bond donors (Lipinski definition) is 2. The molecule has 0 spiro atoms. The van der Waals surface area contributed by atoms with Gasteiger partial charge in [-0.2, -0.15) is 0 Å². The van der Waals surface area contributed by atoms with Gasteiger partial charge in [0.15, 0.2) is 0 Å². The second-order valence-corrected chi connectivity index (χ2v) is 7.41. The Morgan fingerprint density at radius 1 is 1.24 bits per heavy atom. The Kier molecular flexibility index (Phi) is 6.48. The Morgan fingerprint density at radius 2 is 1.92 bits per heavy atom. The maximum absolute atomic E-state index is 11.3. The first-order valence-corrected chi connectivity index (χ1v) is 9.79. The third-order valence-electron chi connectivity index (χ3n) is 5.65. The summed E-state index contributed by atoms with van der Waals surface area (Å²) in [5, 5.41) is 6.99. The Labute approximate surface area is 150 Å². The standard InChI is InChI=1S/C19H32N4O2/c1-3-23-11-10-20-19(23)18(15-8-12-25-13-9-15)22-17-6-4-16(5-7-17)21-14(2)24/h10-11,15-18,22H,3-9,12-13H2,1-2H3,(H,21,24)/t16?,17?,18-/m0/s1. The molecule has 1 aliphatic heterocycles. The van der Waals surface area contributed by atoms with Crippen LogP contribution in [-0.4, -0.2) is 40.8 Å².